The van der Waals surface area contributed by atoms with Crippen molar-refractivity contribution in [3.63, 3.8) is 0 Å². The van der Waals surface area contributed by atoms with Gasteiger partial charge in [0, 0.05) is 0 Å². The molecular formula is C15H21NO4. The number of carboxylic acid groups (broad SMARTS) is 1. The predicted molar refractivity (Wildman–Crippen MR) is 75.9 cm³/mol. The molecule has 1 aromatic carbocycles. The molecule has 0 bridgehead atoms. The third-order valence-corrected chi connectivity index (χ3v) is 2.71. The molecule has 0 saturated carbocycles. The van der Waals surface area contributed by atoms with Crippen LogP contribution in [0, 0.1) is 6.92 Å². The van der Waals surface area contributed by atoms with Crippen LogP contribution in [0.2, 0.25) is 0 Å². The minimum Gasteiger partial charge on any atom is -0.478 e. The lowest BCUT2D eigenvalue weighted by molar-refractivity contribution is 0.0507. The zero-order valence-corrected chi connectivity index (χ0v) is 12.5. The minimum absolute atomic E-state index is 0.258. The van der Waals surface area contributed by atoms with Gasteiger partial charge >= 0.3 is 12.1 Å². The number of ether oxygens (including phenoxy) is 1. The van der Waals surface area contributed by atoms with Crippen molar-refractivity contribution in [1.82, 2.24) is 5.32 Å². The molecule has 1 aromatic rings. The first-order chi connectivity index (χ1) is 9.10. The molecule has 1 atom stereocenters. The smallest absolute Gasteiger partial charge is 0.408 e. The van der Waals surface area contributed by atoms with Crippen molar-refractivity contribution in [3.8, 4) is 0 Å². The van der Waals surface area contributed by atoms with Crippen LogP contribution in [-0.4, -0.2) is 22.8 Å². The van der Waals surface area contributed by atoms with Gasteiger partial charge in [-0.25, -0.2) is 9.59 Å². The fourth-order valence-corrected chi connectivity index (χ4v) is 1.76. The number of benzene rings is 1. The molecule has 0 aromatic heterocycles. The summed E-state index contributed by atoms with van der Waals surface area (Å²) in [6.07, 6.45) is -0.495. The quantitative estimate of drug-likeness (QED) is 0.890. The maximum atomic E-state index is 11.7. The van der Waals surface area contributed by atoms with Crippen LogP contribution in [0.5, 0.6) is 0 Å². The maximum absolute atomic E-state index is 11.7. The van der Waals surface area contributed by atoms with Crippen LogP contribution in [0.15, 0.2) is 18.2 Å². The van der Waals surface area contributed by atoms with E-state index in [1.165, 1.54) is 0 Å². The van der Waals surface area contributed by atoms with Gasteiger partial charge in [-0.05, 0) is 51.8 Å². The number of aromatic carboxylic acids is 1. The molecule has 1 amide bonds. The molecule has 2 N–H and O–H groups in total. The van der Waals surface area contributed by atoms with Crippen LogP contribution < -0.4 is 5.32 Å². The van der Waals surface area contributed by atoms with Gasteiger partial charge in [-0.15, -0.1) is 0 Å². The molecule has 1 rings (SSSR count). The third-order valence-electron chi connectivity index (χ3n) is 2.71. The zero-order valence-electron chi connectivity index (χ0n) is 12.5. The number of carboxylic acids is 1. The highest BCUT2D eigenvalue weighted by Gasteiger charge is 2.18. The number of carbonyl (C=O) groups is 2. The van der Waals surface area contributed by atoms with Crippen molar-refractivity contribution < 1.29 is 19.4 Å². The molecule has 0 spiro atoms. The summed E-state index contributed by atoms with van der Waals surface area (Å²) in [5.74, 6) is -0.957. The average molecular weight is 279 g/mol. The summed E-state index contributed by atoms with van der Waals surface area (Å²) in [7, 11) is 0. The van der Waals surface area contributed by atoms with E-state index in [1.807, 2.05) is 6.92 Å². The number of aryl methyl sites for hydroxylation is 1. The largest absolute Gasteiger partial charge is 0.478 e. The molecular weight excluding hydrogens is 258 g/mol. The first-order valence-electron chi connectivity index (χ1n) is 6.43. The number of carbonyl (C=O) groups excluding carboxylic acids is 1. The summed E-state index contributed by atoms with van der Waals surface area (Å²) in [4.78, 5) is 22.6. The van der Waals surface area contributed by atoms with Crippen molar-refractivity contribution in [3.05, 3.63) is 34.9 Å². The average Bonchev–Trinajstić information content (AvgIpc) is 2.25. The molecule has 5 heteroatoms. The second-order valence-electron chi connectivity index (χ2n) is 5.75. The van der Waals surface area contributed by atoms with Crippen LogP contribution >= 0.6 is 0 Å². The highest BCUT2D eigenvalue weighted by atomic mass is 16.6. The van der Waals surface area contributed by atoms with E-state index in [1.54, 1.807) is 45.9 Å². The number of rotatable bonds is 3. The fourth-order valence-electron chi connectivity index (χ4n) is 1.76. The summed E-state index contributed by atoms with van der Waals surface area (Å²) < 4.78 is 5.18. The Morgan fingerprint density at radius 1 is 1.30 bits per heavy atom. The van der Waals surface area contributed by atoms with Crippen LogP contribution in [0.25, 0.3) is 0 Å². The number of amides is 1. The SMILES string of the molecule is Cc1cc([C@H](C)NC(=O)OC(C)(C)C)ccc1C(=O)O. The minimum atomic E-state index is -0.957. The Bertz CT molecular complexity index is 517. The van der Waals surface area contributed by atoms with Crippen molar-refractivity contribution in [2.45, 2.75) is 46.3 Å². The second kappa shape index (κ2) is 5.94. The van der Waals surface area contributed by atoms with Crippen LogP contribution in [0.1, 0.15) is 55.2 Å². The summed E-state index contributed by atoms with van der Waals surface area (Å²) >= 11 is 0. The van der Waals surface area contributed by atoms with Crippen molar-refractivity contribution in [1.29, 1.82) is 0 Å². The second-order valence-corrected chi connectivity index (χ2v) is 5.75. The van der Waals surface area contributed by atoms with Crippen molar-refractivity contribution in [2.75, 3.05) is 0 Å². The van der Waals surface area contributed by atoms with Crippen molar-refractivity contribution in [2.24, 2.45) is 0 Å². The molecule has 110 valence electrons. The van der Waals surface area contributed by atoms with E-state index < -0.39 is 17.7 Å². The Morgan fingerprint density at radius 2 is 1.90 bits per heavy atom. The number of hydrogen-bond acceptors (Lipinski definition) is 3. The molecule has 0 radical (unpaired) electrons. The molecule has 0 saturated heterocycles. The lowest BCUT2D eigenvalue weighted by Gasteiger charge is -2.22. The molecule has 0 unspecified atom stereocenters. The van der Waals surface area contributed by atoms with E-state index in [-0.39, 0.29) is 11.6 Å². The van der Waals surface area contributed by atoms with E-state index >= 15 is 0 Å². The first-order valence-corrected chi connectivity index (χ1v) is 6.43. The molecule has 20 heavy (non-hydrogen) atoms. The Hall–Kier alpha value is -2.04. The van der Waals surface area contributed by atoms with E-state index in [4.69, 9.17) is 9.84 Å². The van der Waals surface area contributed by atoms with Gasteiger partial charge in [-0.2, -0.15) is 0 Å². The number of alkyl carbamates (subject to hydrolysis) is 1. The molecule has 0 aliphatic rings. The summed E-state index contributed by atoms with van der Waals surface area (Å²) in [5.41, 5.74) is 1.21. The number of hydrogen-bond donors (Lipinski definition) is 2. The monoisotopic (exact) mass is 279 g/mol. The zero-order chi connectivity index (χ0) is 15.5. The number of nitrogens with one attached hydrogen (secondary N) is 1. The van der Waals surface area contributed by atoms with E-state index in [0.717, 1.165) is 5.56 Å². The van der Waals surface area contributed by atoms with Gasteiger partial charge in [0.15, 0.2) is 0 Å². The van der Waals surface area contributed by atoms with Crippen molar-refractivity contribution >= 4 is 12.1 Å². The summed E-state index contributed by atoms with van der Waals surface area (Å²) in [5, 5.41) is 11.7. The summed E-state index contributed by atoms with van der Waals surface area (Å²) in [6.45, 7) is 8.93. The normalized spacial score (nSPS) is 12.7. The maximum Gasteiger partial charge on any atom is 0.408 e. The van der Waals surface area contributed by atoms with Gasteiger partial charge in [0.05, 0.1) is 11.6 Å². The summed E-state index contributed by atoms with van der Waals surface area (Å²) in [6, 6.07) is 4.73. The Morgan fingerprint density at radius 3 is 2.35 bits per heavy atom. The molecule has 0 fully saturated rings. The predicted octanol–water partition coefficient (Wildman–Crippen LogP) is 3.28. The lowest BCUT2D eigenvalue weighted by atomic mass is 10.0. The molecule has 0 aliphatic heterocycles. The van der Waals surface area contributed by atoms with E-state index in [2.05, 4.69) is 5.32 Å². The molecule has 0 heterocycles. The third kappa shape index (κ3) is 4.57. The highest BCUT2D eigenvalue weighted by Crippen LogP contribution is 2.18. The Labute approximate surface area is 118 Å². The van der Waals surface area contributed by atoms with Gasteiger partial charge in [0.2, 0.25) is 0 Å². The molecule has 0 aliphatic carbocycles. The Kier molecular flexibility index (Phi) is 4.76. The first kappa shape index (κ1) is 16.0. The van der Waals surface area contributed by atoms with Gasteiger partial charge in [-0.1, -0.05) is 12.1 Å². The van der Waals surface area contributed by atoms with Crippen LogP contribution in [0.3, 0.4) is 0 Å². The van der Waals surface area contributed by atoms with Gasteiger partial charge in [0.1, 0.15) is 5.60 Å². The van der Waals surface area contributed by atoms with Gasteiger partial charge < -0.3 is 15.2 Å². The van der Waals surface area contributed by atoms with Crippen LogP contribution in [0.4, 0.5) is 4.79 Å². The van der Waals surface area contributed by atoms with Gasteiger partial charge in [0.25, 0.3) is 0 Å². The van der Waals surface area contributed by atoms with Crippen LogP contribution in [-0.2, 0) is 4.74 Å². The standard InChI is InChI=1S/C15H21NO4/c1-9-8-11(6-7-12(9)13(17)18)10(2)16-14(19)20-15(3,4)5/h6-8,10H,1-5H3,(H,16,19)(H,17,18)/t10-/m0/s1. The molecule has 5 nitrogen and oxygen atoms in total. The fraction of sp³-hybridized carbons (Fsp3) is 0.467. The van der Waals surface area contributed by atoms with E-state index in [9.17, 15) is 9.59 Å². The van der Waals surface area contributed by atoms with Gasteiger partial charge in [-0.3, -0.25) is 0 Å². The Balaban J connectivity index is 2.78. The topological polar surface area (TPSA) is 75.6 Å². The highest BCUT2D eigenvalue weighted by molar-refractivity contribution is 5.89. The lowest BCUT2D eigenvalue weighted by Crippen LogP contribution is -2.34. The van der Waals surface area contributed by atoms with E-state index in [0.29, 0.717) is 5.56 Å².